The van der Waals surface area contributed by atoms with Gasteiger partial charge in [-0.05, 0) is 56.6 Å². The molecule has 39 heavy (non-hydrogen) atoms. The lowest BCUT2D eigenvalue weighted by atomic mass is 9.42. The largest absolute Gasteiger partial charge is 0.465 e. The molecule has 0 bridgehead atoms. The number of nitrogens with zero attached hydrogens (tertiary/aromatic N) is 1. The van der Waals surface area contributed by atoms with Crippen molar-refractivity contribution in [1.82, 2.24) is 4.98 Å². The van der Waals surface area contributed by atoms with E-state index in [1.54, 1.807) is 18.3 Å². The van der Waals surface area contributed by atoms with Crippen molar-refractivity contribution in [3.05, 3.63) is 30.1 Å². The first-order valence-electron chi connectivity index (χ1n) is 14.5. The van der Waals surface area contributed by atoms with Crippen LogP contribution in [-0.2, 0) is 33.2 Å². The summed E-state index contributed by atoms with van der Waals surface area (Å²) in [5.74, 6) is -0.227. The number of rotatable bonds is 7. The molecule has 2 saturated carbocycles. The molecule has 2 aliphatic carbocycles. The summed E-state index contributed by atoms with van der Waals surface area (Å²) in [5.41, 5.74) is -1.01. The summed E-state index contributed by atoms with van der Waals surface area (Å²) in [4.78, 5) is 29.7. The third kappa shape index (κ3) is 4.31. The number of carbonyl (C=O) groups excluding carboxylic acids is 2. The summed E-state index contributed by atoms with van der Waals surface area (Å²) in [6, 6.07) is 3.44. The molecule has 10 unspecified atom stereocenters. The van der Waals surface area contributed by atoms with Crippen molar-refractivity contribution in [2.45, 2.75) is 96.6 Å². The lowest BCUT2D eigenvalue weighted by Gasteiger charge is -2.64. The zero-order chi connectivity index (χ0) is 27.4. The van der Waals surface area contributed by atoms with Crippen molar-refractivity contribution in [2.24, 2.45) is 28.6 Å². The van der Waals surface area contributed by atoms with Crippen molar-refractivity contribution in [2.75, 3.05) is 19.8 Å². The van der Waals surface area contributed by atoms with Crippen LogP contribution in [0.5, 0.6) is 0 Å². The fourth-order valence-electron chi connectivity index (χ4n) is 8.55. The van der Waals surface area contributed by atoms with Crippen LogP contribution in [0, 0.1) is 28.6 Å². The summed E-state index contributed by atoms with van der Waals surface area (Å²) in [6.07, 6.45) is 7.31. The first kappa shape index (κ1) is 27.1. The van der Waals surface area contributed by atoms with Gasteiger partial charge in [-0.3, -0.25) is 9.78 Å². The Morgan fingerprint density at radius 1 is 1.21 bits per heavy atom. The summed E-state index contributed by atoms with van der Waals surface area (Å²) in [6.45, 7) is 9.34. The van der Waals surface area contributed by atoms with Gasteiger partial charge in [0.05, 0.1) is 23.7 Å². The molecule has 9 heteroatoms. The molecule has 0 amide bonds. The van der Waals surface area contributed by atoms with Gasteiger partial charge in [0, 0.05) is 43.7 Å². The standard InChI is InChI=1S/C30H41NO8/c1-5-34-25-14-21-13-23(38-27(21)39-25)28(4)18(2)12-24(37-26(33)20-8-7-11-31-15-20)30(17-35-19(3)32)22(28)9-6-10-29(30)16-36-29/h7-8,11,15,18,21-25,27H,5-6,9-10,12-14,16-17H2,1-4H3. The zero-order valence-electron chi connectivity index (χ0n) is 23.4. The second-order valence-electron chi connectivity index (χ2n) is 12.4. The van der Waals surface area contributed by atoms with Crippen molar-refractivity contribution in [1.29, 1.82) is 0 Å². The van der Waals surface area contributed by atoms with Gasteiger partial charge < -0.3 is 28.4 Å². The second-order valence-corrected chi connectivity index (χ2v) is 12.4. The topological polar surface area (TPSA) is 106 Å². The molecule has 1 aromatic rings. The minimum atomic E-state index is -0.675. The first-order chi connectivity index (χ1) is 18.7. The second kappa shape index (κ2) is 10.1. The highest BCUT2D eigenvalue weighted by molar-refractivity contribution is 5.89. The Morgan fingerprint density at radius 2 is 2.03 bits per heavy atom. The lowest BCUT2D eigenvalue weighted by Crippen LogP contribution is -2.69. The molecule has 4 heterocycles. The molecule has 0 N–H and O–H groups in total. The van der Waals surface area contributed by atoms with Crippen LogP contribution in [0.15, 0.2) is 24.5 Å². The van der Waals surface area contributed by atoms with Gasteiger partial charge in [0.25, 0.3) is 0 Å². The highest BCUT2D eigenvalue weighted by Crippen LogP contribution is 2.70. The van der Waals surface area contributed by atoms with Gasteiger partial charge in [-0.15, -0.1) is 0 Å². The number of hydrogen-bond donors (Lipinski definition) is 0. The molecule has 3 saturated heterocycles. The molecule has 0 aromatic carbocycles. The predicted molar refractivity (Wildman–Crippen MR) is 138 cm³/mol. The van der Waals surface area contributed by atoms with Crippen LogP contribution in [0.2, 0.25) is 0 Å². The summed E-state index contributed by atoms with van der Waals surface area (Å²) >= 11 is 0. The van der Waals surface area contributed by atoms with Crippen LogP contribution < -0.4 is 0 Å². The quantitative estimate of drug-likeness (QED) is 0.368. The molecule has 214 valence electrons. The van der Waals surface area contributed by atoms with E-state index >= 15 is 0 Å². The van der Waals surface area contributed by atoms with E-state index in [0.29, 0.717) is 25.2 Å². The summed E-state index contributed by atoms with van der Waals surface area (Å²) in [5, 5.41) is 0. The van der Waals surface area contributed by atoms with Crippen molar-refractivity contribution >= 4 is 11.9 Å². The fraction of sp³-hybridized carbons (Fsp3) is 0.767. The highest BCUT2D eigenvalue weighted by Gasteiger charge is 2.76. The number of epoxide rings is 1. The van der Waals surface area contributed by atoms with Crippen LogP contribution in [0.3, 0.4) is 0 Å². The van der Waals surface area contributed by atoms with Crippen LogP contribution in [-0.4, -0.2) is 67.1 Å². The Bertz CT molecular complexity index is 1060. The number of fused-ring (bicyclic) bond motifs is 3. The minimum absolute atomic E-state index is 0.0318. The third-order valence-electron chi connectivity index (χ3n) is 10.7. The molecule has 5 aliphatic rings. The van der Waals surface area contributed by atoms with Gasteiger partial charge in [-0.2, -0.15) is 0 Å². The Labute approximate surface area is 230 Å². The van der Waals surface area contributed by atoms with E-state index in [2.05, 4.69) is 18.8 Å². The molecule has 1 spiro atoms. The van der Waals surface area contributed by atoms with Crippen LogP contribution in [0.4, 0.5) is 0 Å². The molecule has 1 aromatic heterocycles. The van der Waals surface area contributed by atoms with E-state index in [1.165, 1.54) is 13.1 Å². The van der Waals surface area contributed by atoms with Crippen LogP contribution in [0.1, 0.15) is 76.6 Å². The molecular weight excluding hydrogens is 502 g/mol. The molecule has 6 rings (SSSR count). The van der Waals surface area contributed by atoms with Crippen LogP contribution >= 0.6 is 0 Å². The average molecular weight is 544 g/mol. The van der Waals surface area contributed by atoms with Gasteiger partial charge >= 0.3 is 11.9 Å². The normalized spacial score (nSPS) is 44.5. The molecular formula is C30H41NO8. The van der Waals surface area contributed by atoms with Gasteiger partial charge in [-0.1, -0.05) is 20.3 Å². The molecule has 9 nitrogen and oxygen atoms in total. The number of carbonyl (C=O) groups is 2. The van der Waals surface area contributed by atoms with Gasteiger partial charge in [-0.25, -0.2) is 4.79 Å². The number of pyridine rings is 1. The number of aromatic nitrogens is 1. The van der Waals surface area contributed by atoms with Crippen LogP contribution in [0.25, 0.3) is 0 Å². The third-order valence-corrected chi connectivity index (χ3v) is 10.7. The predicted octanol–water partition coefficient (Wildman–Crippen LogP) is 4.29. The molecule has 5 fully saturated rings. The maximum atomic E-state index is 13.4. The van der Waals surface area contributed by atoms with E-state index in [9.17, 15) is 9.59 Å². The van der Waals surface area contributed by atoms with E-state index in [1.807, 2.05) is 6.92 Å². The van der Waals surface area contributed by atoms with Gasteiger partial charge in [0.2, 0.25) is 0 Å². The zero-order valence-corrected chi connectivity index (χ0v) is 23.4. The van der Waals surface area contributed by atoms with Gasteiger partial charge in [0.1, 0.15) is 18.3 Å². The van der Waals surface area contributed by atoms with E-state index in [-0.39, 0.29) is 54.4 Å². The Hall–Kier alpha value is -2.07. The lowest BCUT2D eigenvalue weighted by molar-refractivity contribution is -0.263. The fourth-order valence-corrected chi connectivity index (χ4v) is 8.55. The maximum absolute atomic E-state index is 13.4. The van der Waals surface area contributed by atoms with Crippen molar-refractivity contribution in [3.63, 3.8) is 0 Å². The highest BCUT2D eigenvalue weighted by atomic mass is 16.8. The maximum Gasteiger partial charge on any atom is 0.339 e. The summed E-state index contributed by atoms with van der Waals surface area (Å²) < 4.78 is 37.1. The first-order valence-corrected chi connectivity index (χ1v) is 14.5. The smallest absolute Gasteiger partial charge is 0.339 e. The van der Waals surface area contributed by atoms with Crippen molar-refractivity contribution in [3.8, 4) is 0 Å². The van der Waals surface area contributed by atoms with Gasteiger partial charge in [0.15, 0.2) is 12.6 Å². The molecule has 10 atom stereocenters. The Balaban J connectivity index is 1.35. The van der Waals surface area contributed by atoms with Crippen molar-refractivity contribution < 1.29 is 38.0 Å². The number of hydrogen-bond acceptors (Lipinski definition) is 9. The Kier molecular flexibility index (Phi) is 7.01. The average Bonchev–Trinajstić information content (AvgIpc) is 3.42. The van der Waals surface area contributed by atoms with E-state index in [0.717, 1.165) is 32.1 Å². The van der Waals surface area contributed by atoms with E-state index in [4.69, 9.17) is 28.4 Å². The minimum Gasteiger partial charge on any atom is -0.465 e. The monoisotopic (exact) mass is 543 g/mol. The van der Waals surface area contributed by atoms with E-state index < -0.39 is 23.1 Å². The SMILES string of the molecule is CCOC1CC2CC(C3(C)C(C)CC(OC(=O)c4cccnc4)C4(COC(C)=O)C3CCCC43CO3)OC2O1. The Morgan fingerprint density at radius 3 is 2.69 bits per heavy atom. The summed E-state index contributed by atoms with van der Waals surface area (Å²) in [7, 11) is 0. The number of ether oxygens (including phenoxy) is 6. The number of esters is 2. The molecule has 0 radical (unpaired) electrons. The molecule has 3 aliphatic heterocycles.